The Bertz CT molecular complexity index is 1200. The molecule has 0 saturated heterocycles. The van der Waals surface area contributed by atoms with Crippen molar-refractivity contribution < 1.29 is 19.2 Å². The number of hydrogen-bond donors (Lipinski definition) is 3. The SMILES string of the molecule is CC(C)C[C@@H]1NC(=O)c2csc(n2)[C@H](CC(C)C)NC(=O)[C@H](CC(C)C)N(C)C(=O)[C@H](Cc2ccccc2)NC1=O. The van der Waals surface area contributed by atoms with Crippen molar-refractivity contribution >= 4 is 35.0 Å². The van der Waals surface area contributed by atoms with Crippen LogP contribution in [-0.2, 0) is 20.8 Å². The van der Waals surface area contributed by atoms with Crippen LogP contribution in [-0.4, -0.2) is 58.7 Å². The number of carbonyl (C=O) groups is 4. The van der Waals surface area contributed by atoms with Gasteiger partial charge in [0.2, 0.25) is 17.7 Å². The van der Waals surface area contributed by atoms with Crippen LogP contribution in [0.4, 0.5) is 0 Å². The topological polar surface area (TPSA) is 120 Å². The average Bonchev–Trinajstić information content (AvgIpc) is 3.40. The maximum absolute atomic E-state index is 14.1. The molecular formula is C31H45N5O4S. The molecule has 10 heteroatoms. The second-order valence-electron chi connectivity index (χ2n) is 12.3. The van der Waals surface area contributed by atoms with E-state index in [2.05, 4.69) is 34.8 Å². The highest BCUT2D eigenvalue weighted by Crippen LogP contribution is 2.26. The van der Waals surface area contributed by atoms with Gasteiger partial charge in [0.15, 0.2) is 0 Å². The summed E-state index contributed by atoms with van der Waals surface area (Å²) in [6, 6.07) is 6.51. The van der Waals surface area contributed by atoms with Gasteiger partial charge in [-0.1, -0.05) is 71.9 Å². The van der Waals surface area contributed by atoms with Crippen molar-refractivity contribution in [2.45, 2.75) is 91.4 Å². The molecule has 1 aliphatic heterocycles. The molecule has 4 atom stereocenters. The quantitative estimate of drug-likeness (QED) is 0.432. The number of benzene rings is 1. The monoisotopic (exact) mass is 583 g/mol. The maximum atomic E-state index is 14.1. The number of nitrogens with one attached hydrogen (secondary N) is 3. The van der Waals surface area contributed by atoms with Crippen molar-refractivity contribution in [1.29, 1.82) is 0 Å². The Morgan fingerprint density at radius 2 is 1.37 bits per heavy atom. The van der Waals surface area contributed by atoms with Crippen LogP contribution in [0.25, 0.3) is 0 Å². The number of nitrogens with zero attached hydrogens (tertiary/aromatic N) is 2. The third-order valence-electron chi connectivity index (χ3n) is 7.11. The van der Waals surface area contributed by atoms with Gasteiger partial charge in [0, 0.05) is 18.8 Å². The average molecular weight is 584 g/mol. The highest BCUT2D eigenvalue weighted by Gasteiger charge is 2.36. The summed E-state index contributed by atoms with van der Waals surface area (Å²) < 4.78 is 0. The summed E-state index contributed by atoms with van der Waals surface area (Å²) in [6.45, 7) is 12.1. The smallest absolute Gasteiger partial charge is 0.271 e. The summed E-state index contributed by atoms with van der Waals surface area (Å²) in [6.07, 6.45) is 1.72. The summed E-state index contributed by atoms with van der Waals surface area (Å²) >= 11 is 1.31. The van der Waals surface area contributed by atoms with E-state index in [1.807, 2.05) is 58.0 Å². The van der Waals surface area contributed by atoms with E-state index in [0.29, 0.717) is 24.3 Å². The lowest BCUT2D eigenvalue weighted by Gasteiger charge is -2.33. The van der Waals surface area contributed by atoms with Gasteiger partial charge in [0.1, 0.15) is 28.8 Å². The first-order valence-corrected chi connectivity index (χ1v) is 15.4. The molecule has 4 amide bonds. The Morgan fingerprint density at radius 3 is 1.98 bits per heavy atom. The van der Waals surface area contributed by atoms with Gasteiger partial charge in [-0.05, 0) is 42.6 Å². The summed E-state index contributed by atoms with van der Waals surface area (Å²) in [5.74, 6) is -1.04. The summed E-state index contributed by atoms with van der Waals surface area (Å²) in [5.41, 5.74) is 1.08. The minimum absolute atomic E-state index is 0.109. The molecule has 0 unspecified atom stereocenters. The first kappa shape index (κ1) is 32.2. The van der Waals surface area contributed by atoms with Crippen LogP contribution in [0.3, 0.4) is 0 Å². The van der Waals surface area contributed by atoms with E-state index in [0.717, 1.165) is 5.56 Å². The fraction of sp³-hybridized carbons (Fsp3) is 0.581. The molecule has 0 spiro atoms. The summed E-state index contributed by atoms with van der Waals surface area (Å²) in [4.78, 5) is 60.8. The van der Waals surface area contributed by atoms with Gasteiger partial charge in [-0.3, -0.25) is 19.2 Å². The van der Waals surface area contributed by atoms with Crippen LogP contribution in [0.5, 0.6) is 0 Å². The Balaban J connectivity index is 2.09. The number of thiazole rings is 1. The van der Waals surface area contributed by atoms with Gasteiger partial charge in [0.05, 0.1) is 6.04 Å². The lowest BCUT2D eigenvalue weighted by Crippen LogP contribution is -2.58. The van der Waals surface area contributed by atoms with Gasteiger partial charge in [0.25, 0.3) is 5.91 Å². The zero-order valence-electron chi connectivity index (χ0n) is 25.3. The molecule has 1 aliphatic rings. The highest BCUT2D eigenvalue weighted by atomic mass is 32.1. The van der Waals surface area contributed by atoms with Gasteiger partial charge in [-0.25, -0.2) is 4.98 Å². The Kier molecular flexibility index (Phi) is 11.5. The van der Waals surface area contributed by atoms with Gasteiger partial charge < -0.3 is 20.9 Å². The minimum atomic E-state index is -0.925. The van der Waals surface area contributed by atoms with Crippen LogP contribution in [0, 0.1) is 17.8 Å². The number of amides is 4. The van der Waals surface area contributed by atoms with Crippen molar-refractivity contribution in [3.8, 4) is 0 Å². The summed E-state index contributed by atoms with van der Waals surface area (Å²) in [5, 5.41) is 11.2. The Morgan fingerprint density at radius 1 is 0.780 bits per heavy atom. The normalized spacial score (nSPS) is 22.8. The van der Waals surface area contributed by atoms with Crippen molar-refractivity contribution in [1.82, 2.24) is 25.8 Å². The van der Waals surface area contributed by atoms with E-state index in [1.165, 1.54) is 16.2 Å². The Labute approximate surface area is 247 Å². The van der Waals surface area contributed by atoms with Crippen LogP contribution in [0.1, 0.15) is 87.9 Å². The van der Waals surface area contributed by atoms with E-state index in [-0.39, 0.29) is 41.7 Å². The second-order valence-corrected chi connectivity index (χ2v) is 13.2. The van der Waals surface area contributed by atoms with Gasteiger partial charge in [-0.2, -0.15) is 0 Å². The standard InChI is InChI=1S/C31H45N5O4S/c1-18(2)13-22-27(37)34-24(16-21-11-9-8-10-12-21)31(40)36(7)26(15-20(5)6)29(39)33-23(14-19(3)4)30-35-25(17-41-30)28(38)32-22/h8-12,17-20,22-24,26H,13-16H2,1-7H3,(H,32,38)(H,33,39)(H,34,37)/t22-,23-,24-,26-/m0/s1. The fourth-order valence-electron chi connectivity index (χ4n) is 5.06. The first-order chi connectivity index (χ1) is 19.3. The molecular weight excluding hydrogens is 538 g/mol. The van der Waals surface area contributed by atoms with Gasteiger partial charge in [-0.15, -0.1) is 11.3 Å². The molecule has 0 saturated carbocycles. The molecule has 0 fully saturated rings. The zero-order valence-corrected chi connectivity index (χ0v) is 26.1. The molecule has 224 valence electrons. The highest BCUT2D eigenvalue weighted by molar-refractivity contribution is 7.09. The lowest BCUT2D eigenvalue weighted by molar-refractivity contribution is -0.142. The predicted octanol–water partition coefficient (Wildman–Crippen LogP) is 4.11. The molecule has 3 N–H and O–H groups in total. The van der Waals surface area contributed by atoms with E-state index in [4.69, 9.17) is 0 Å². The molecule has 41 heavy (non-hydrogen) atoms. The zero-order chi connectivity index (χ0) is 30.3. The number of fused-ring (bicyclic) bond motifs is 2. The third kappa shape index (κ3) is 9.11. The Hall–Kier alpha value is -3.27. The molecule has 9 nitrogen and oxygen atoms in total. The minimum Gasteiger partial charge on any atom is -0.345 e. The number of hydrogen-bond acceptors (Lipinski definition) is 6. The number of rotatable bonds is 8. The van der Waals surface area contributed by atoms with Crippen LogP contribution in [0.15, 0.2) is 35.7 Å². The van der Waals surface area contributed by atoms with Crippen LogP contribution < -0.4 is 16.0 Å². The van der Waals surface area contributed by atoms with Crippen LogP contribution >= 0.6 is 11.3 Å². The molecule has 2 bridgehead atoms. The second kappa shape index (κ2) is 14.6. The van der Waals surface area contributed by atoms with Crippen molar-refractivity contribution in [3.05, 3.63) is 52.0 Å². The molecule has 2 aromatic rings. The number of likely N-dealkylation sites (N-methyl/N-ethyl adjacent to an activating group) is 1. The lowest BCUT2D eigenvalue weighted by atomic mass is 9.98. The number of carbonyl (C=O) groups excluding carboxylic acids is 4. The van der Waals surface area contributed by atoms with E-state index in [9.17, 15) is 19.2 Å². The van der Waals surface area contributed by atoms with E-state index in [1.54, 1.807) is 12.4 Å². The van der Waals surface area contributed by atoms with Crippen LogP contribution in [0.2, 0.25) is 0 Å². The first-order valence-electron chi connectivity index (χ1n) is 14.5. The van der Waals surface area contributed by atoms with Crippen molar-refractivity contribution in [3.63, 3.8) is 0 Å². The van der Waals surface area contributed by atoms with Crippen molar-refractivity contribution in [2.24, 2.45) is 17.8 Å². The molecule has 0 radical (unpaired) electrons. The largest absolute Gasteiger partial charge is 0.345 e. The third-order valence-corrected chi connectivity index (χ3v) is 8.07. The molecule has 1 aromatic carbocycles. The fourth-order valence-corrected chi connectivity index (χ4v) is 5.92. The summed E-state index contributed by atoms with van der Waals surface area (Å²) in [7, 11) is 1.63. The number of aromatic nitrogens is 1. The molecule has 3 rings (SSSR count). The van der Waals surface area contributed by atoms with E-state index < -0.39 is 36.0 Å². The maximum Gasteiger partial charge on any atom is 0.271 e. The predicted molar refractivity (Wildman–Crippen MR) is 161 cm³/mol. The van der Waals surface area contributed by atoms with Gasteiger partial charge >= 0.3 is 0 Å². The molecule has 0 aliphatic carbocycles. The molecule has 1 aromatic heterocycles. The molecule has 2 heterocycles. The van der Waals surface area contributed by atoms with E-state index >= 15 is 0 Å². The van der Waals surface area contributed by atoms with Crippen molar-refractivity contribution in [2.75, 3.05) is 7.05 Å².